The van der Waals surface area contributed by atoms with Crippen LogP contribution in [0.2, 0.25) is 0 Å². The van der Waals surface area contributed by atoms with Crippen molar-refractivity contribution in [2.24, 2.45) is 0 Å². The number of hydrogen-bond acceptors (Lipinski definition) is 6. The number of aliphatic hydroxyl groups excluding tert-OH is 1. The van der Waals surface area contributed by atoms with Gasteiger partial charge in [0.2, 0.25) is 5.95 Å². The van der Waals surface area contributed by atoms with Crippen LogP contribution >= 0.6 is 0 Å². The maximum absolute atomic E-state index is 9.43. The van der Waals surface area contributed by atoms with Gasteiger partial charge >= 0.3 is 0 Å². The molecule has 0 aliphatic carbocycles. The van der Waals surface area contributed by atoms with Crippen LogP contribution in [-0.2, 0) is 6.42 Å². The van der Waals surface area contributed by atoms with Gasteiger partial charge in [0, 0.05) is 45.0 Å². The van der Waals surface area contributed by atoms with Crippen LogP contribution in [0.1, 0.15) is 12.0 Å². The van der Waals surface area contributed by atoms with Crippen molar-refractivity contribution in [1.29, 1.82) is 0 Å². The number of hydrogen-bond donors (Lipinski definition) is 2. The summed E-state index contributed by atoms with van der Waals surface area (Å²) in [7, 11) is 0. The molecule has 0 amide bonds. The highest BCUT2D eigenvalue weighted by Crippen LogP contribution is 2.18. The first-order chi connectivity index (χ1) is 11.8. The predicted molar refractivity (Wildman–Crippen MR) is 95.9 cm³/mol. The minimum absolute atomic E-state index is 0.193. The number of aliphatic hydroxyl groups is 1. The van der Waals surface area contributed by atoms with Crippen LogP contribution in [0.4, 0.5) is 11.8 Å². The molecule has 1 aliphatic heterocycles. The highest BCUT2D eigenvalue weighted by Gasteiger charge is 2.27. The van der Waals surface area contributed by atoms with Gasteiger partial charge in [-0.2, -0.15) is 4.98 Å². The standard InChI is InChI=1S/C18H25N5O/c19-17-6-9-20-18(21-17)23-12-11-22(16(14-23)8-13-24)10-7-15-4-2-1-3-5-15/h1-6,9,16,24H,7-8,10-14H2,(H2,19,20,21)/t16-/m1/s1. The third kappa shape index (κ3) is 4.21. The van der Waals surface area contributed by atoms with E-state index in [4.69, 9.17) is 5.73 Å². The van der Waals surface area contributed by atoms with Crippen molar-refractivity contribution in [2.45, 2.75) is 18.9 Å². The average molecular weight is 327 g/mol. The quantitative estimate of drug-likeness (QED) is 0.829. The van der Waals surface area contributed by atoms with Crippen molar-refractivity contribution in [3.63, 3.8) is 0 Å². The predicted octanol–water partition coefficient (Wildman–Crippen LogP) is 1.17. The Morgan fingerprint density at radius 2 is 2.00 bits per heavy atom. The van der Waals surface area contributed by atoms with Crippen molar-refractivity contribution in [2.75, 3.05) is 43.4 Å². The number of nitrogen functional groups attached to an aromatic ring is 1. The molecule has 6 nitrogen and oxygen atoms in total. The van der Waals surface area contributed by atoms with Gasteiger partial charge in [0.05, 0.1) is 0 Å². The van der Waals surface area contributed by atoms with Crippen LogP contribution in [0, 0.1) is 0 Å². The van der Waals surface area contributed by atoms with Crippen LogP contribution in [0.5, 0.6) is 0 Å². The first-order valence-electron chi connectivity index (χ1n) is 8.48. The van der Waals surface area contributed by atoms with Crippen LogP contribution < -0.4 is 10.6 Å². The summed E-state index contributed by atoms with van der Waals surface area (Å²) in [4.78, 5) is 13.3. The Morgan fingerprint density at radius 3 is 2.75 bits per heavy atom. The molecule has 2 aromatic rings. The molecule has 1 saturated heterocycles. The van der Waals surface area contributed by atoms with E-state index in [1.54, 1.807) is 12.3 Å². The van der Waals surface area contributed by atoms with Crippen LogP contribution in [0.15, 0.2) is 42.6 Å². The third-order valence-electron chi connectivity index (χ3n) is 4.54. The second kappa shape index (κ2) is 8.08. The monoisotopic (exact) mass is 327 g/mol. The SMILES string of the molecule is Nc1ccnc(N2CCN(CCc3ccccc3)[C@H](CCO)C2)n1. The summed E-state index contributed by atoms with van der Waals surface area (Å²) < 4.78 is 0. The fraction of sp³-hybridized carbons (Fsp3) is 0.444. The zero-order valence-corrected chi connectivity index (χ0v) is 13.9. The Hall–Kier alpha value is -2.18. The van der Waals surface area contributed by atoms with Crippen molar-refractivity contribution in [1.82, 2.24) is 14.9 Å². The van der Waals surface area contributed by atoms with Gasteiger partial charge in [-0.25, -0.2) is 4.98 Å². The molecule has 0 spiro atoms. The second-order valence-electron chi connectivity index (χ2n) is 6.17. The average Bonchev–Trinajstić information content (AvgIpc) is 2.62. The van der Waals surface area contributed by atoms with Crippen LogP contribution in [-0.4, -0.2) is 58.8 Å². The first-order valence-corrected chi connectivity index (χ1v) is 8.48. The molecular formula is C18H25N5O. The largest absolute Gasteiger partial charge is 0.396 e. The number of piperazine rings is 1. The Morgan fingerprint density at radius 1 is 1.17 bits per heavy atom. The van der Waals surface area contributed by atoms with Gasteiger partial charge < -0.3 is 15.7 Å². The summed E-state index contributed by atoms with van der Waals surface area (Å²) in [5.41, 5.74) is 7.12. The summed E-state index contributed by atoms with van der Waals surface area (Å²) in [5.74, 6) is 1.17. The Labute approximate surface area is 142 Å². The zero-order chi connectivity index (χ0) is 16.8. The van der Waals surface area contributed by atoms with E-state index in [-0.39, 0.29) is 6.61 Å². The lowest BCUT2D eigenvalue weighted by Gasteiger charge is -2.41. The summed E-state index contributed by atoms with van der Waals surface area (Å²) in [6.45, 7) is 3.83. The van der Waals surface area contributed by atoms with Gasteiger partial charge in [0.1, 0.15) is 5.82 Å². The highest BCUT2D eigenvalue weighted by atomic mass is 16.3. The number of rotatable bonds is 6. The smallest absolute Gasteiger partial charge is 0.227 e. The van der Waals surface area contributed by atoms with E-state index in [2.05, 4.69) is 44.0 Å². The Bertz CT molecular complexity index is 636. The summed E-state index contributed by atoms with van der Waals surface area (Å²) in [6.07, 6.45) is 3.48. The molecule has 6 heteroatoms. The molecule has 0 bridgehead atoms. The normalized spacial score (nSPS) is 18.7. The van der Waals surface area contributed by atoms with Gasteiger partial charge in [-0.05, 0) is 24.5 Å². The molecule has 1 aromatic carbocycles. The lowest BCUT2D eigenvalue weighted by atomic mass is 10.1. The second-order valence-corrected chi connectivity index (χ2v) is 6.17. The summed E-state index contributed by atoms with van der Waals surface area (Å²) in [5, 5.41) is 9.43. The first kappa shape index (κ1) is 16.7. The van der Waals surface area contributed by atoms with Crippen molar-refractivity contribution in [3.05, 3.63) is 48.2 Å². The fourth-order valence-electron chi connectivity index (χ4n) is 3.22. The molecule has 24 heavy (non-hydrogen) atoms. The lowest BCUT2D eigenvalue weighted by Crippen LogP contribution is -2.54. The Balaban J connectivity index is 1.62. The minimum Gasteiger partial charge on any atom is -0.396 e. The molecule has 2 heterocycles. The molecule has 1 aromatic heterocycles. The van der Waals surface area contributed by atoms with Crippen molar-refractivity contribution >= 4 is 11.8 Å². The number of anilines is 2. The fourth-order valence-corrected chi connectivity index (χ4v) is 3.22. The molecule has 1 fully saturated rings. The van der Waals surface area contributed by atoms with Crippen molar-refractivity contribution in [3.8, 4) is 0 Å². The topological polar surface area (TPSA) is 78.5 Å². The van der Waals surface area contributed by atoms with Gasteiger partial charge in [0.25, 0.3) is 0 Å². The van der Waals surface area contributed by atoms with Crippen LogP contribution in [0.25, 0.3) is 0 Å². The van der Waals surface area contributed by atoms with Crippen LogP contribution in [0.3, 0.4) is 0 Å². The van der Waals surface area contributed by atoms with Gasteiger partial charge in [-0.1, -0.05) is 30.3 Å². The summed E-state index contributed by atoms with van der Waals surface area (Å²) >= 11 is 0. The molecule has 3 N–H and O–H groups in total. The van der Waals surface area contributed by atoms with E-state index in [1.165, 1.54) is 5.56 Å². The van der Waals surface area contributed by atoms with E-state index in [1.807, 2.05) is 6.07 Å². The van der Waals surface area contributed by atoms with E-state index in [9.17, 15) is 5.11 Å². The lowest BCUT2D eigenvalue weighted by molar-refractivity contribution is 0.143. The molecule has 1 aliphatic rings. The minimum atomic E-state index is 0.193. The Kier molecular flexibility index (Phi) is 5.61. The van der Waals surface area contributed by atoms with Gasteiger partial charge in [0.15, 0.2) is 0 Å². The number of nitrogens with two attached hydrogens (primary N) is 1. The highest BCUT2D eigenvalue weighted by molar-refractivity contribution is 5.38. The molecule has 128 valence electrons. The van der Waals surface area contributed by atoms with E-state index in [0.29, 0.717) is 17.8 Å². The number of benzene rings is 1. The molecule has 0 radical (unpaired) electrons. The zero-order valence-electron chi connectivity index (χ0n) is 13.9. The number of nitrogens with zero attached hydrogens (tertiary/aromatic N) is 4. The maximum Gasteiger partial charge on any atom is 0.227 e. The van der Waals surface area contributed by atoms with Gasteiger partial charge in [-0.3, -0.25) is 4.90 Å². The molecule has 3 rings (SSSR count). The summed E-state index contributed by atoms with van der Waals surface area (Å²) in [6, 6.07) is 12.5. The van der Waals surface area contributed by atoms with E-state index in [0.717, 1.165) is 39.0 Å². The molecule has 1 atom stereocenters. The van der Waals surface area contributed by atoms with Gasteiger partial charge in [-0.15, -0.1) is 0 Å². The molecule has 0 saturated carbocycles. The van der Waals surface area contributed by atoms with E-state index >= 15 is 0 Å². The number of aromatic nitrogens is 2. The third-order valence-corrected chi connectivity index (χ3v) is 4.54. The van der Waals surface area contributed by atoms with Crippen molar-refractivity contribution < 1.29 is 5.11 Å². The van der Waals surface area contributed by atoms with E-state index < -0.39 is 0 Å². The molecular weight excluding hydrogens is 302 g/mol. The molecule has 0 unspecified atom stereocenters. The maximum atomic E-state index is 9.43.